The van der Waals surface area contributed by atoms with Crippen molar-refractivity contribution in [1.29, 1.82) is 0 Å². The molecule has 5 heterocycles. The topological polar surface area (TPSA) is 45.9 Å². The number of aryl methyl sites for hydroxylation is 2. The van der Waals surface area contributed by atoms with Crippen LogP contribution in [0.2, 0.25) is 0 Å². The lowest BCUT2D eigenvalue weighted by Gasteiger charge is -2.44. The molecular weight excluding hydrogens is 832 g/mol. The minimum absolute atomic E-state index is 0.0112. The van der Waals surface area contributed by atoms with Crippen molar-refractivity contribution >= 4 is 90.3 Å². The van der Waals surface area contributed by atoms with E-state index in [1.165, 1.54) is 49.9 Å². The maximum absolute atomic E-state index is 7.37. The number of nitrogens with zero attached hydrogens (tertiary/aromatic N) is 2. The number of fused-ring (bicyclic) bond motifs is 8. The van der Waals surface area contributed by atoms with Crippen molar-refractivity contribution in [2.24, 2.45) is 0 Å². The Morgan fingerprint density at radius 1 is 0.441 bits per heavy atom. The standard InChI is InChI=1S/C62H57BN2O3/c1-36-28-41(61(6,7)8)29-37(2)58(36)65-52-33-42(62(9,10)11)32-51-57(52)63(56-46-31-40(60(3,4)5)23-27-55(46)68-59(56)65)49-30-39(48-35-67-54-19-15-13-17-45(48)54)22-26-50(49)64(51)43-24-20-38(21-25-43)47-34-66-53-18-14-12-16-44(47)53/h12-35H,1-11H3. The molecule has 0 aliphatic carbocycles. The molecule has 2 aliphatic rings. The molecule has 336 valence electrons. The Morgan fingerprint density at radius 2 is 0.985 bits per heavy atom. The van der Waals surface area contributed by atoms with Crippen molar-refractivity contribution in [2.75, 3.05) is 9.80 Å². The highest BCUT2D eigenvalue weighted by molar-refractivity contribution is 7.01. The third-order valence-corrected chi connectivity index (χ3v) is 14.7. The van der Waals surface area contributed by atoms with Crippen LogP contribution in [0.3, 0.4) is 0 Å². The normalized spacial score (nSPS) is 13.7. The summed E-state index contributed by atoms with van der Waals surface area (Å²) in [5, 5.41) is 3.36. The van der Waals surface area contributed by atoms with Gasteiger partial charge in [0.2, 0.25) is 5.88 Å². The fraction of sp³-hybridized carbons (Fsp3) is 0.226. The highest BCUT2D eigenvalue weighted by atomic mass is 16.4. The lowest BCUT2D eigenvalue weighted by atomic mass is 9.33. The van der Waals surface area contributed by atoms with Gasteiger partial charge >= 0.3 is 0 Å². The molecular formula is C62H57BN2O3. The largest absolute Gasteiger partial charge is 0.464 e. The van der Waals surface area contributed by atoms with Crippen LogP contribution in [0.5, 0.6) is 0 Å². The lowest BCUT2D eigenvalue weighted by molar-refractivity contribution is 0.587. The Hall–Kier alpha value is -7.18. The van der Waals surface area contributed by atoms with E-state index in [0.717, 1.165) is 83.8 Å². The third-order valence-electron chi connectivity index (χ3n) is 14.7. The second kappa shape index (κ2) is 14.7. The predicted octanol–water partition coefficient (Wildman–Crippen LogP) is 15.9. The monoisotopic (exact) mass is 888 g/mol. The summed E-state index contributed by atoms with van der Waals surface area (Å²) in [5.74, 6) is 0.880. The van der Waals surface area contributed by atoms with E-state index in [0.29, 0.717) is 0 Å². The van der Waals surface area contributed by atoms with Crippen LogP contribution in [-0.4, -0.2) is 6.71 Å². The summed E-state index contributed by atoms with van der Waals surface area (Å²) in [7, 11) is 0. The van der Waals surface area contributed by atoms with E-state index in [2.05, 4.69) is 201 Å². The molecule has 0 amide bonds. The zero-order valence-corrected chi connectivity index (χ0v) is 41.1. The maximum atomic E-state index is 7.37. The predicted molar refractivity (Wildman–Crippen MR) is 286 cm³/mol. The van der Waals surface area contributed by atoms with Gasteiger partial charge in [0.1, 0.15) is 16.7 Å². The van der Waals surface area contributed by atoms with E-state index in [4.69, 9.17) is 13.3 Å². The van der Waals surface area contributed by atoms with Gasteiger partial charge in [0, 0.05) is 55.5 Å². The minimum atomic E-state index is -0.174. The Labute approximate surface area is 400 Å². The van der Waals surface area contributed by atoms with Crippen LogP contribution in [0, 0.1) is 13.8 Å². The number of furan rings is 3. The van der Waals surface area contributed by atoms with E-state index < -0.39 is 0 Å². The molecule has 5 nitrogen and oxygen atoms in total. The number of hydrogen-bond donors (Lipinski definition) is 0. The summed E-state index contributed by atoms with van der Waals surface area (Å²) < 4.78 is 19.6. The molecule has 0 bridgehead atoms. The molecule has 2 aliphatic heterocycles. The molecule has 0 radical (unpaired) electrons. The highest BCUT2D eigenvalue weighted by Gasteiger charge is 2.47. The second-order valence-corrected chi connectivity index (χ2v) is 22.4. The number of para-hydroxylation sites is 2. The van der Waals surface area contributed by atoms with Gasteiger partial charge in [-0.15, -0.1) is 0 Å². The highest BCUT2D eigenvalue weighted by Crippen LogP contribution is 2.50. The van der Waals surface area contributed by atoms with Crippen molar-refractivity contribution in [2.45, 2.75) is 92.4 Å². The Morgan fingerprint density at radius 3 is 1.59 bits per heavy atom. The summed E-state index contributed by atoms with van der Waals surface area (Å²) in [4.78, 5) is 5.00. The van der Waals surface area contributed by atoms with Gasteiger partial charge in [0.25, 0.3) is 6.71 Å². The average molecular weight is 889 g/mol. The molecule has 0 saturated carbocycles. The summed E-state index contributed by atoms with van der Waals surface area (Å²) >= 11 is 0. The van der Waals surface area contributed by atoms with Gasteiger partial charge in [-0.2, -0.15) is 0 Å². The number of rotatable bonds is 4. The fourth-order valence-corrected chi connectivity index (χ4v) is 11.0. The summed E-state index contributed by atoms with van der Waals surface area (Å²) in [6, 6.07) is 49.3. The van der Waals surface area contributed by atoms with Crippen molar-refractivity contribution in [3.8, 4) is 22.3 Å². The molecule has 0 N–H and O–H groups in total. The van der Waals surface area contributed by atoms with E-state index in [9.17, 15) is 0 Å². The molecule has 3 aromatic heterocycles. The molecule has 68 heavy (non-hydrogen) atoms. The van der Waals surface area contributed by atoms with E-state index in [-0.39, 0.29) is 23.0 Å². The first kappa shape index (κ1) is 42.2. The zero-order chi connectivity index (χ0) is 47.2. The van der Waals surface area contributed by atoms with E-state index in [1.807, 2.05) is 30.7 Å². The van der Waals surface area contributed by atoms with Crippen LogP contribution in [0.4, 0.5) is 34.3 Å². The first-order valence-electron chi connectivity index (χ1n) is 24.1. The Balaban J connectivity index is 1.19. The van der Waals surface area contributed by atoms with E-state index >= 15 is 0 Å². The summed E-state index contributed by atoms with van der Waals surface area (Å²) in [5.41, 5.74) is 22.5. The second-order valence-electron chi connectivity index (χ2n) is 22.4. The van der Waals surface area contributed by atoms with Gasteiger partial charge < -0.3 is 18.2 Å². The summed E-state index contributed by atoms with van der Waals surface area (Å²) in [6.07, 6.45) is 3.80. The molecule has 0 fully saturated rings. The molecule has 7 aromatic carbocycles. The molecule has 0 unspecified atom stereocenters. The van der Waals surface area contributed by atoms with Gasteiger partial charge in [0.05, 0.1) is 18.2 Å². The van der Waals surface area contributed by atoms with Gasteiger partial charge in [-0.25, -0.2) is 0 Å². The van der Waals surface area contributed by atoms with Crippen LogP contribution < -0.4 is 26.2 Å². The van der Waals surface area contributed by atoms with Crippen LogP contribution in [0.25, 0.3) is 55.2 Å². The lowest BCUT2D eigenvalue weighted by Crippen LogP contribution is -2.61. The van der Waals surface area contributed by atoms with Crippen LogP contribution in [0.15, 0.2) is 159 Å². The van der Waals surface area contributed by atoms with Gasteiger partial charge in [-0.05, 0) is 135 Å². The molecule has 10 aromatic rings. The van der Waals surface area contributed by atoms with Gasteiger partial charge in [-0.1, -0.05) is 141 Å². The molecule has 0 atom stereocenters. The van der Waals surface area contributed by atoms with Gasteiger partial charge in [-0.3, -0.25) is 4.90 Å². The van der Waals surface area contributed by atoms with E-state index in [1.54, 1.807) is 0 Å². The van der Waals surface area contributed by atoms with Crippen molar-refractivity contribution in [3.63, 3.8) is 0 Å². The maximum Gasteiger partial charge on any atom is 0.257 e. The van der Waals surface area contributed by atoms with Crippen molar-refractivity contribution < 1.29 is 13.3 Å². The Bertz CT molecular complexity index is 3650. The van der Waals surface area contributed by atoms with Crippen molar-refractivity contribution in [1.82, 2.24) is 0 Å². The fourth-order valence-electron chi connectivity index (χ4n) is 11.0. The first-order chi connectivity index (χ1) is 32.4. The van der Waals surface area contributed by atoms with Gasteiger partial charge in [0.15, 0.2) is 0 Å². The number of benzene rings is 7. The minimum Gasteiger partial charge on any atom is -0.464 e. The Kier molecular flexibility index (Phi) is 9.10. The van der Waals surface area contributed by atoms with Crippen LogP contribution in [0.1, 0.15) is 90.1 Å². The number of anilines is 6. The van der Waals surface area contributed by atoms with Crippen LogP contribution in [-0.2, 0) is 16.2 Å². The average Bonchev–Trinajstić information content (AvgIpc) is 4.04. The smallest absolute Gasteiger partial charge is 0.257 e. The molecule has 6 heteroatoms. The first-order valence-corrected chi connectivity index (χ1v) is 24.1. The van der Waals surface area contributed by atoms with Crippen molar-refractivity contribution in [3.05, 3.63) is 174 Å². The zero-order valence-electron chi connectivity index (χ0n) is 41.1. The quantitative estimate of drug-likeness (QED) is 0.165. The SMILES string of the molecule is Cc1cc(C(C)(C)C)cc(C)c1N1c2cc(C(C)(C)C)cc3c2B(c2cc(-c4coc5ccccc45)ccc2N3c2ccc(-c3coc4ccccc34)cc2)c2c1oc1ccc(C(C)(C)C)cc21. The molecule has 12 rings (SSSR count). The third kappa shape index (κ3) is 6.44. The molecule has 0 saturated heterocycles. The number of hydrogen-bond acceptors (Lipinski definition) is 5. The molecule has 0 spiro atoms. The van der Waals surface area contributed by atoms with Crippen LogP contribution >= 0.6 is 0 Å². The summed E-state index contributed by atoms with van der Waals surface area (Å²) in [6.45, 7) is 25.2.